The van der Waals surface area contributed by atoms with E-state index in [9.17, 15) is 4.79 Å². The van der Waals surface area contributed by atoms with Crippen LogP contribution in [-0.2, 0) is 0 Å². The molecule has 2 heterocycles. The molecule has 90 valence electrons. The second kappa shape index (κ2) is 3.87. The van der Waals surface area contributed by atoms with Gasteiger partial charge in [0.2, 0.25) is 0 Å². The fourth-order valence-electron chi connectivity index (χ4n) is 2.40. The summed E-state index contributed by atoms with van der Waals surface area (Å²) >= 11 is 1.63. The maximum atomic E-state index is 12.5. The minimum absolute atomic E-state index is 0.0944. The molecule has 2 aromatic heterocycles. The summed E-state index contributed by atoms with van der Waals surface area (Å²) in [5.74, 6) is 0. The van der Waals surface area contributed by atoms with Crippen LogP contribution in [-0.4, -0.2) is 4.98 Å². The SMILES string of the molecule is O=c1c2ccccc2sc2c1ccc1cccnc12. The molecule has 0 spiro atoms. The van der Waals surface area contributed by atoms with Gasteiger partial charge in [0, 0.05) is 27.1 Å². The van der Waals surface area contributed by atoms with E-state index in [4.69, 9.17) is 0 Å². The van der Waals surface area contributed by atoms with Crippen molar-refractivity contribution in [3.8, 4) is 0 Å². The van der Waals surface area contributed by atoms with Crippen molar-refractivity contribution in [1.82, 2.24) is 4.98 Å². The highest BCUT2D eigenvalue weighted by molar-refractivity contribution is 7.25. The molecule has 4 aromatic rings. The minimum atomic E-state index is 0.0944. The molecule has 0 fully saturated rings. The van der Waals surface area contributed by atoms with E-state index in [2.05, 4.69) is 4.98 Å². The second-order valence-corrected chi connectivity index (χ2v) is 5.50. The van der Waals surface area contributed by atoms with Crippen LogP contribution in [0.15, 0.2) is 59.5 Å². The Hall–Kier alpha value is -2.26. The summed E-state index contributed by atoms with van der Waals surface area (Å²) in [5.41, 5.74) is 1.00. The van der Waals surface area contributed by atoms with E-state index in [0.717, 1.165) is 31.1 Å². The van der Waals surface area contributed by atoms with E-state index in [1.165, 1.54) is 0 Å². The van der Waals surface area contributed by atoms with Crippen LogP contribution in [0, 0.1) is 0 Å². The van der Waals surface area contributed by atoms with Gasteiger partial charge in [-0.15, -0.1) is 11.3 Å². The molecule has 2 nitrogen and oxygen atoms in total. The van der Waals surface area contributed by atoms with Crippen molar-refractivity contribution in [3.05, 3.63) is 65.0 Å². The van der Waals surface area contributed by atoms with Gasteiger partial charge in [0.25, 0.3) is 0 Å². The lowest BCUT2D eigenvalue weighted by Gasteiger charge is -2.03. The third-order valence-corrected chi connectivity index (χ3v) is 4.51. The lowest BCUT2D eigenvalue weighted by Crippen LogP contribution is -2.00. The van der Waals surface area contributed by atoms with Crippen LogP contribution < -0.4 is 5.43 Å². The molecule has 0 aliphatic heterocycles. The van der Waals surface area contributed by atoms with E-state index < -0.39 is 0 Å². The van der Waals surface area contributed by atoms with Crippen LogP contribution in [0.25, 0.3) is 31.1 Å². The summed E-state index contributed by atoms with van der Waals surface area (Å²) in [6.45, 7) is 0. The Kier molecular flexibility index (Phi) is 2.17. The molecule has 0 radical (unpaired) electrons. The summed E-state index contributed by atoms with van der Waals surface area (Å²) in [7, 11) is 0. The molecular formula is C16H9NOS. The number of aromatic nitrogens is 1. The van der Waals surface area contributed by atoms with Crippen LogP contribution in [0.3, 0.4) is 0 Å². The quantitative estimate of drug-likeness (QED) is 0.355. The molecule has 0 N–H and O–H groups in total. The third-order valence-electron chi connectivity index (χ3n) is 3.32. The van der Waals surface area contributed by atoms with Crippen LogP contribution in [0.5, 0.6) is 0 Å². The molecule has 0 aliphatic carbocycles. The minimum Gasteiger partial charge on any atom is -0.289 e. The Morgan fingerprint density at radius 1 is 0.895 bits per heavy atom. The summed E-state index contributed by atoms with van der Waals surface area (Å²) in [4.78, 5) is 16.9. The number of hydrogen-bond acceptors (Lipinski definition) is 3. The monoisotopic (exact) mass is 263 g/mol. The first-order valence-corrected chi connectivity index (χ1v) is 6.85. The largest absolute Gasteiger partial charge is 0.289 e. The lowest BCUT2D eigenvalue weighted by molar-refractivity contribution is 1.43. The van der Waals surface area contributed by atoms with Gasteiger partial charge in [-0.1, -0.05) is 24.3 Å². The lowest BCUT2D eigenvalue weighted by atomic mass is 10.1. The average molecular weight is 263 g/mol. The summed E-state index contributed by atoms with van der Waals surface area (Å²) in [6, 6.07) is 15.5. The molecule has 0 atom stereocenters. The van der Waals surface area contributed by atoms with Crippen LogP contribution >= 0.6 is 11.3 Å². The van der Waals surface area contributed by atoms with Gasteiger partial charge in [0.05, 0.1) is 10.2 Å². The maximum absolute atomic E-state index is 12.5. The summed E-state index contributed by atoms with van der Waals surface area (Å²) < 4.78 is 1.99. The van der Waals surface area contributed by atoms with Gasteiger partial charge < -0.3 is 0 Å². The van der Waals surface area contributed by atoms with Crippen molar-refractivity contribution in [3.63, 3.8) is 0 Å². The first-order chi connectivity index (χ1) is 9.34. The maximum Gasteiger partial charge on any atom is 0.195 e. The number of pyridine rings is 1. The Bertz CT molecular complexity index is 988. The summed E-state index contributed by atoms with van der Waals surface area (Å²) in [5, 5.41) is 2.62. The predicted octanol–water partition coefficient (Wildman–Crippen LogP) is 3.96. The Labute approximate surface area is 113 Å². The van der Waals surface area contributed by atoms with E-state index in [-0.39, 0.29) is 5.43 Å². The third kappa shape index (κ3) is 1.48. The predicted molar refractivity (Wildman–Crippen MR) is 80.9 cm³/mol. The molecule has 0 saturated carbocycles. The zero-order chi connectivity index (χ0) is 12.8. The highest BCUT2D eigenvalue weighted by Crippen LogP contribution is 2.29. The topological polar surface area (TPSA) is 30.0 Å². The molecule has 2 aromatic carbocycles. The molecule has 19 heavy (non-hydrogen) atoms. The standard InChI is InChI=1S/C16H9NOS/c18-15-11-5-1-2-6-13(11)19-16-12(15)8-7-10-4-3-9-17-14(10)16/h1-9H. The molecule has 3 heteroatoms. The van der Waals surface area contributed by atoms with Crippen molar-refractivity contribution in [2.24, 2.45) is 0 Å². The Balaban J connectivity index is 2.36. The highest BCUT2D eigenvalue weighted by Gasteiger charge is 2.08. The summed E-state index contributed by atoms with van der Waals surface area (Å²) in [6.07, 6.45) is 1.77. The number of nitrogens with zero attached hydrogens (tertiary/aromatic N) is 1. The normalized spacial score (nSPS) is 11.4. The van der Waals surface area contributed by atoms with Crippen LogP contribution in [0.4, 0.5) is 0 Å². The molecule has 0 saturated heterocycles. The van der Waals surface area contributed by atoms with Gasteiger partial charge in [-0.2, -0.15) is 0 Å². The fourth-order valence-corrected chi connectivity index (χ4v) is 3.57. The van der Waals surface area contributed by atoms with Gasteiger partial charge in [-0.3, -0.25) is 9.78 Å². The van der Waals surface area contributed by atoms with Gasteiger partial charge >= 0.3 is 0 Å². The van der Waals surface area contributed by atoms with Crippen LogP contribution in [0.2, 0.25) is 0 Å². The van der Waals surface area contributed by atoms with Gasteiger partial charge in [0.1, 0.15) is 0 Å². The van der Waals surface area contributed by atoms with Crippen LogP contribution in [0.1, 0.15) is 0 Å². The number of rotatable bonds is 0. The second-order valence-electron chi connectivity index (χ2n) is 4.44. The number of benzene rings is 2. The van der Waals surface area contributed by atoms with E-state index >= 15 is 0 Å². The highest BCUT2D eigenvalue weighted by atomic mass is 32.1. The van der Waals surface area contributed by atoms with Crippen molar-refractivity contribution in [2.75, 3.05) is 0 Å². The van der Waals surface area contributed by atoms with Gasteiger partial charge in [0.15, 0.2) is 5.43 Å². The van der Waals surface area contributed by atoms with Gasteiger partial charge in [-0.25, -0.2) is 0 Å². The van der Waals surface area contributed by atoms with Gasteiger partial charge in [-0.05, 0) is 24.3 Å². The first kappa shape index (κ1) is 10.6. The van der Waals surface area contributed by atoms with E-state index in [1.807, 2.05) is 48.5 Å². The van der Waals surface area contributed by atoms with E-state index in [0.29, 0.717) is 0 Å². The molecular weight excluding hydrogens is 254 g/mol. The first-order valence-electron chi connectivity index (χ1n) is 6.04. The average Bonchev–Trinajstić information content (AvgIpc) is 2.47. The van der Waals surface area contributed by atoms with Crippen molar-refractivity contribution in [2.45, 2.75) is 0 Å². The van der Waals surface area contributed by atoms with E-state index in [1.54, 1.807) is 17.5 Å². The fraction of sp³-hybridized carbons (Fsp3) is 0. The molecule has 0 unspecified atom stereocenters. The smallest absolute Gasteiger partial charge is 0.195 e. The van der Waals surface area contributed by atoms with Crippen molar-refractivity contribution < 1.29 is 0 Å². The Morgan fingerprint density at radius 3 is 2.74 bits per heavy atom. The number of hydrogen-bond donors (Lipinski definition) is 0. The number of fused-ring (bicyclic) bond motifs is 4. The zero-order valence-corrected chi connectivity index (χ0v) is 10.8. The zero-order valence-electron chi connectivity index (χ0n) is 9.96. The molecule has 0 aliphatic rings. The van der Waals surface area contributed by atoms with Crippen molar-refractivity contribution >= 4 is 42.4 Å². The molecule has 0 amide bonds. The molecule has 4 rings (SSSR count). The van der Waals surface area contributed by atoms with Crippen molar-refractivity contribution in [1.29, 1.82) is 0 Å². The Morgan fingerprint density at radius 2 is 1.79 bits per heavy atom. The molecule has 0 bridgehead atoms.